The Bertz CT molecular complexity index is 886. The Hall–Kier alpha value is -1.36. The second-order valence-electron chi connectivity index (χ2n) is 10.5. The van der Waals surface area contributed by atoms with Gasteiger partial charge in [0.15, 0.2) is 0 Å². The molecule has 2 aliphatic heterocycles. The minimum Gasteiger partial charge on any atom is -0.489 e. The highest BCUT2D eigenvalue weighted by molar-refractivity contribution is 9.10. The van der Waals surface area contributed by atoms with Crippen molar-refractivity contribution in [3.8, 4) is 5.75 Å². The van der Waals surface area contributed by atoms with Crippen molar-refractivity contribution in [1.82, 2.24) is 9.80 Å². The van der Waals surface area contributed by atoms with E-state index in [2.05, 4.69) is 20.8 Å². The van der Waals surface area contributed by atoms with Crippen molar-refractivity contribution < 1.29 is 32.5 Å². The summed E-state index contributed by atoms with van der Waals surface area (Å²) in [5.41, 5.74) is -0.0724. The standard InChI is InChI=1S/C25H34BrF3N2O4/c1-24(2,33)16-3-8-22(21(26)13-16)35-18-6-4-17(5-7-18)31-14-20(15-31)34-19-9-11-30(12-10-19)23(32)25(27,28)29/h3,8,13,17-20,33H,4-7,9-12,14-15H2,1-2H3. The largest absolute Gasteiger partial charge is 0.489 e. The number of amides is 1. The number of hydrogen-bond acceptors (Lipinski definition) is 5. The van der Waals surface area contributed by atoms with Gasteiger partial charge in [-0.25, -0.2) is 0 Å². The summed E-state index contributed by atoms with van der Waals surface area (Å²) in [5, 5.41) is 10.2. The highest BCUT2D eigenvalue weighted by atomic mass is 79.9. The quantitative estimate of drug-likeness (QED) is 0.548. The number of halogens is 4. The van der Waals surface area contributed by atoms with E-state index >= 15 is 0 Å². The highest BCUT2D eigenvalue weighted by Gasteiger charge is 2.44. The van der Waals surface area contributed by atoms with Gasteiger partial charge in [-0.1, -0.05) is 6.07 Å². The number of carbonyl (C=O) groups is 1. The van der Waals surface area contributed by atoms with Crippen LogP contribution >= 0.6 is 15.9 Å². The van der Waals surface area contributed by atoms with Crippen LogP contribution in [-0.4, -0.2) is 77.5 Å². The van der Waals surface area contributed by atoms with E-state index in [1.807, 2.05) is 18.2 Å². The summed E-state index contributed by atoms with van der Waals surface area (Å²) in [6, 6.07) is 6.20. The zero-order valence-corrected chi connectivity index (χ0v) is 21.8. The topological polar surface area (TPSA) is 62.2 Å². The van der Waals surface area contributed by atoms with Crippen LogP contribution in [0.15, 0.2) is 22.7 Å². The minimum atomic E-state index is -4.80. The molecule has 1 aromatic rings. The van der Waals surface area contributed by atoms with Crippen molar-refractivity contribution in [2.24, 2.45) is 0 Å². The van der Waals surface area contributed by atoms with E-state index in [1.54, 1.807) is 13.8 Å². The van der Waals surface area contributed by atoms with Gasteiger partial charge in [0.25, 0.3) is 0 Å². The molecule has 35 heavy (non-hydrogen) atoms. The lowest BCUT2D eigenvalue weighted by Gasteiger charge is -2.47. The second-order valence-corrected chi connectivity index (χ2v) is 11.3. The Balaban J connectivity index is 1.15. The summed E-state index contributed by atoms with van der Waals surface area (Å²) < 4.78 is 50.9. The molecule has 0 unspecified atom stereocenters. The lowest BCUT2D eigenvalue weighted by molar-refractivity contribution is -0.189. The van der Waals surface area contributed by atoms with Gasteiger partial charge in [-0.3, -0.25) is 9.69 Å². The van der Waals surface area contributed by atoms with Crippen molar-refractivity contribution in [2.75, 3.05) is 26.2 Å². The van der Waals surface area contributed by atoms with Crippen LogP contribution in [0.4, 0.5) is 13.2 Å². The number of benzene rings is 1. The first-order valence-corrected chi connectivity index (χ1v) is 13.1. The van der Waals surface area contributed by atoms with Gasteiger partial charge in [0, 0.05) is 32.2 Å². The van der Waals surface area contributed by atoms with Crippen molar-refractivity contribution in [1.29, 1.82) is 0 Å². The number of piperidine rings is 1. The van der Waals surface area contributed by atoms with Crippen molar-refractivity contribution in [3.63, 3.8) is 0 Å². The Morgan fingerprint density at radius 3 is 2.17 bits per heavy atom. The molecule has 2 heterocycles. The molecular formula is C25H34BrF3N2O4. The second kappa shape index (κ2) is 10.6. The third-order valence-electron chi connectivity index (χ3n) is 7.32. The number of alkyl halides is 3. The van der Waals surface area contributed by atoms with Crippen LogP contribution in [0.5, 0.6) is 5.75 Å². The number of ether oxygens (including phenoxy) is 2. The minimum absolute atomic E-state index is 0.0789. The monoisotopic (exact) mass is 562 g/mol. The number of nitrogens with zero attached hydrogens (tertiary/aromatic N) is 2. The first-order chi connectivity index (χ1) is 16.4. The van der Waals surface area contributed by atoms with E-state index in [4.69, 9.17) is 9.47 Å². The predicted octanol–water partition coefficient (Wildman–Crippen LogP) is 4.62. The SMILES string of the molecule is CC(C)(O)c1ccc(OC2CCC(N3CC(OC4CCN(C(=O)C(F)(F)F)CC4)C3)CC2)c(Br)c1. The van der Waals surface area contributed by atoms with Gasteiger partial charge >= 0.3 is 12.1 Å². The average Bonchev–Trinajstić information content (AvgIpc) is 2.76. The molecule has 3 aliphatic rings. The fourth-order valence-corrected chi connectivity index (χ4v) is 5.66. The zero-order chi connectivity index (χ0) is 25.4. The first-order valence-electron chi connectivity index (χ1n) is 12.3. The summed E-state index contributed by atoms with van der Waals surface area (Å²) in [7, 11) is 0. The normalized spacial score (nSPS) is 25.4. The molecule has 1 saturated carbocycles. The lowest BCUT2D eigenvalue weighted by Crippen LogP contribution is -2.58. The zero-order valence-electron chi connectivity index (χ0n) is 20.2. The van der Waals surface area contributed by atoms with E-state index in [1.165, 1.54) is 0 Å². The van der Waals surface area contributed by atoms with E-state index in [0.717, 1.165) is 59.5 Å². The fraction of sp³-hybridized carbons (Fsp3) is 0.720. The van der Waals surface area contributed by atoms with Crippen LogP contribution in [0.2, 0.25) is 0 Å². The summed E-state index contributed by atoms with van der Waals surface area (Å²) in [6.45, 7) is 5.40. The molecule has 2 saturated heterocycles. The van der Waals surface area contributed by atoms with Crippen molar-refractivity contribution in [2.45, 2.75) is 88.5 Å². The van der Waals surface area contributed by atoms with Gasteiger partial charge < -0.3 is 19.5 Å². The maximum absolute atomic E-state index is 12.6. The molecule has 1 N–H and O–H groups in total. The maximum atomic E-state index is 12.6. The maximum Gasteiger partial charge on any atom is 0.471 e. The summed E-state index contributed by atoms with van der Waals surface area (Å²) in [6.07, 6.45) is 0.340. The molecule has 10 heteroatoms. The van der Waals surface area contributed by atoms with Crippen LogP contribution in [-0.2, 0) is 15.1 Å². The third-order valence-corrected chi connectivity index (χ3v) is 7.94. The Labute approximate surface area is 212 Å². The first kappa shape index (κ1) is 26.7. The molecule has 0 atom stereocenters. The molecule has 0 radical (unpaired) electrons. The van der Waals surface area contributed by atoms with Crippen LogP contribution in [0.25, 0.3) is 0 Å². The fourth-order valence-electron chi connectivity index (χ4n) is 5.19. The summed E-state index contributed by atoms with van der Waals surface area (Å²) >= 11 is 3.56. The number of rotatable bonds is 6. The Kier molecular flexibility index (Phi) is 8.05. The van der Waals surface area contributed by atoms with Gasteiger partial charge in [0.05, 0.1) is 28.4 Å². The predicted molar refractivity (Wildman–Crippen MR) is 128 cm³/mol. The molecule has 0 bridgehead atoms. The number of likely N-dealkylation sites (tertiary alicyclic amines) is 2. The van der Waals surface area contributed by atoms with Crippen molar-refractivity contribution in [3.05, 3.63) is 28.2 Å². The van der Waals surface area contributed by atoms with E-state index in [-0.39, 0.29) is 31.4 Å². The van der Waals surface area contributed by atoms with Crippen LogP contribution in [0.3, 0.4) is 0 Å². The van der Waals surface area contributed by atoms with Crippen LogP contribution < -0.4 is 4.74 Å². The summed E-state index contributed by atoms with van der Waals surface area (Å²) in [4.78, 5) is 14.7. The molecule has 6 nitrogen and oxygen atoms in total. The molecule has 0 spiro atoms. The Morgan fingerprint density at radius 2 is 1.63 bits per heavy atom. The molecule has 196 valence electrons. The van der Waals surface area contributed by atoms with E-state index < -0.39 is 17.7 Å². The molecule has 1 aromatic carbocycles. The van der Waals surface area contributed by atoms with Crippen molar-refractivity contribution >= 4 is 21.8 Å². The third kappa shape index (κ3) is 6.70. The highest BCUT2D eigenvalue weighted by Crippen LogP contribution is 2.35. The molecular weight excluding hydrogens is 529 g/mol. The summed E-state index contributed by atoms with van der Waals surface area (Å²) in [5.74, 6) is -0.953. The molecule has 0 aromatic heterocycles. The van der Waals surface area contributed by atoms with Gasteiger partial charge in [-0.2, -0.15) is 13.2 Å². The van der Waals surface area contributed by atoms with Crippen LogP contribution in [0, 0.1) is 0 Å². The van der Waals surface area contributed by atoms with E-state index in [0.29, 0.717) is 18.9 Å². The Morgan fingerprint density at radius 1 is 1.00 bits per heavy atom. The number of hydrogen-bond donors (Lipinski definition) is 1. The number of aliphatic hydroxyl groups is 1. The van der Waals surface area contributed by atoms with Gasteiger partial charge in [-0.15, -0.1) is 0 Å². The molecule has 1 amide bonds. The molecule has 1 aliphatic carbocycles. The lowest BCUT2D eigenvalue weighted by atomic mass is 9.89. The van der Waals surface area contributed by atoms with Crippen LogP contribution in [0.1, 0.15) is 57.9 Å². The smallest absolute Gasteiger partial charge is 0.471 e. The molecule has 4 rings (SSSR count). The van der Waals surface area contributed by atoms with E-state index in [9.17, 15) is 23.1 Å². The molecule has 3 fully saturated rings. The average molecular weight is 563 g/mol. The van der Waals surface area contributed by atoms with Gasteiger partial charge in [-0.05, 0) is 86.0 Å². The van der Waals surface area contributed by atoms with Gasteiger partial charge in [0.1, 0.15) is 5.75 Å². The number of carbonyl (C=O) groups excluding carboxylic acids is 1. The van der Waals surface area contributed by atoms with Gasteiger partial charge in [0.2, 0.25) is 0 Å².